The summed E-state index contributed by atoms with van der Waals surface area (Å²) in [7, 11) is -9.25. The van der Waals surface area contributed by atoms with Gasteiger partial charge in [-0.15, -0.1) is 0 Å². The number of rotatable bonds is 15. The van der Waals surface area contributed by atoms with Crippen molar-refractivity contribution in [1.82, 2.24) is 14.9 Å². The zero-order valence-electron chi connectivity index (χ0n) is 31.1. The molecule has 0 radical (unpaired) electrons. The number of phosphoric acid groups is 3. The topological polar surface area (TPSA) is 292 Å². The Morgan fingerprint density at radius 2 is 1.65 bits per heavy atom. The van der Waals surface area contributed by atoms with Crippen LogP contribution in [-0.4, -0.2) is 88.8 Å². The highest BCUT2D eigenvalue weighted by atomic mass is 31.3. The molecule has 6 atom stereocenters. The van der Waals surface area contributed by atoms with Crippen LogP contribution in [0.4, 0.5) is 17.2 Å². The molecular weight excluding hydrogens is 811 g/mol. The molecule has 21 nitrogen and oxygen atoms in total. The minimum atomic E-state index is -5.84. The van der Waals surface area contributed by atoms with Crippen molar-refractivity contribution in [1.29, 1.82) is 0 Å². The molecule has 0 spiro atoms. The maximum Gasteiger partial charge on any atom is 0.487 e. The molecule has 2 aromatic carbocycles. The number of benzene rings is 2. The third-order valence-electron chi connectivity index (χ3n) is 8.65. The van der Waals surface area contributed by atoms with Gasteiger partial charge in [0.05, 0.1) is 24.8 Å². The predicted octanol–water partition coefficient (Wildman–Crippen LogP) is 0.859. The zero-order chi connectivity index (χ0) is 41.9. The molecule has 1 aliphatic rings. The quantitative estimate of drug-likeness (QED) is 0.0418. The maximum absolute atomic E-state index is 12.9. The molecule has 0 aliphatic carbocycles. The number of ether oxygens (including phenoxy) is 1. The molecule has 0 saturated carbocycles. The van der Waals surface area contributed by atoms with Gasteiger partial charge in [-0.2, -0.15) is 13.9 Å². The van der Waals surface area contributed by atoms with E-state index in [1.54, 1.807) is 0 Å². The van der Waals surface area contributed by atoms with Gasteiger partial charge in [-0.3, -0.25) is 18.5 Å². The van der Waals surface area contributed by atoms with Gasteiger partial charge in [-0.25, -0.2) is 18.2 Å². The highest BCUT2D eigenvalue weighted by molar-refractivity contribution is 7.66. The number of carbonyl (C=O) groups excluding carboxylic acids is 1. The zero-order valence-corrected chi connectivity index (χ0v) is 33.8. The summed E-state index contributed by atoms with van der Waals surface area (Å²) in [6, 6.07) is 14.7. The number of amides is 1. The second-order valence-electron chi connectivity index (χ2n) is 13.3. The van der Waals surface area contributed by atoms with Crippen molar-refractivity contribution in [3.8, 4) is 11.8 Å². The number of phosphoric ester groups is 1. The standard InChI is InChI=1S/C33H42N7O14P3/c1-37(2)24-11-9-21-15-22-10-12-25(38(3)4)17-27(22)39(26(21)16-24)14-6-8-30(42)35-13-5-7-23-19-40(33(43)36-32(23)34)31-18-28(41)29(52-31)20-51-56(47,48)54-57(49,50)53-55(44,45)46/h9-12,15-17,19,28-29,31,41H,6,8,13-14,18,20H2,1-4H3,(H6-,34,35,36,42,43,44,45,46,47,48,49,50)/t28-,29+,31+/m0/s1. The van der Waals surface area contributed by atoms with Crippen LogP contribution in [0.3, 0.4) is 0 Å². The number of anilines is 3. The Labute approximate surface area is 326 Å². The Kier molecular flexibility index (Phi) is 13.6. The number of aryl methyl sites for hydroxylation is 1. The number of pyridine rings is 1. The van der Waals surface area contributed by atoms with E-state index >= 15 is 0 Å². The molecule has 57 heavy (non-hydrogen) atoms. The lowest BCUT2D eigenvalue weighted by Gasteiger charge is -2.21. The molecule has 1 saturated heterocycles. The van der Waals surface area contributed by atoms with Gasteiger partial charge < -0.3 is 50.3 Å². The lowest BCUT2D eigenvalue weighted by atomic mass is 10.1. The van der Waals surface area contributed by atoms with Gasteiger partial charge in [0.15, 0.2) is 0 Å². The molecule has 1 fully saturated rings. The Morgan fingerprint density at radius 1 is 1.04 bits per heavy atom. The number of fused-ring (bicyclic) bond motifs is 2. The highest BCUT2D eigenvalue weighted by Gasteiger charge is 2.41. The SMILES string of the molecule is CN(C)c1ccc2cc3ccc(N(C)C)cc3[n+](CCCC(=O)NCC#Cc3cn([C@H]4C[C@H](O)[C@@H](COP(=O)(O)OP(=O)(O)OP(=O)([O-])O)O4)c(=O)nc3N)c2c1. The third-order valence-corrected chi connectivity index (χ3v) is 12.4. The van der Waals surface area contributed by atoms with Gasteiger partial charge >= 0.3 is 21.3 Å². The van der Waals surface area contributed by atoms with E-state index in [1.165, 1.54) is 6.20 Å². The molecule has 1 amide bonds. The second-order valence-corrected chi connectivity index (χ2v) is 17.7. The summed E-state index contributed by atoms with van der Waals surface area (Å²) in [5, 5.41) is 15.3. The summed E-state index contributed by atoms with van der Waals surface area (Å²) >= 11 is 0. The summed E-state index contributed by atoms with van der Waals surface area (Å²) in [5.74, 6) is 5.05. The van der Waals surface area contributed by atoms with Crippen LogP contribution in [0.25, 0.3) is 21.8 Å². The number of nitrogens with one attached hydrogen (secondary N) is 1. The summed E-state index contributed by atoms with van der Waals surface area (Å²) in [5.41, 5.74) is 9.28. The fraction of sp³-hybridized carbons (Fsp3) is 0.394. The molecule has 3 unspecified atom stereocenters. The number of hydrogen-bond donors (Lipinski definition) is 6. The van der Waals surface area contributed by atoms with E-state index in [0.717, 1.165) is 37.7 Å². The van der Waals surface area contributed by atoms with Gasteiger partial charge in [0.25, 0.3) is 7.82 Å². The molecule has 0 bridgehead atoms. The lowest BCUT2D eigenvalue weighted by Crippen LogP contribution is -2.37. The molecular formula is C33H42N7O14P3. The van der Waals surface area contributed by atoms with Gasteiger partial charge in [0, 0.05) is 87.9 Å². The Balaban J connectivity index is 1.19. The monoisotopic (exact) mass is 853 g/mol. The fourth-order valence-corrected chi connectivity index (χ4v) is 8.92. The number of nitrogens with zero attached hydrogens (tertiary/aromatic N) is 5. The number of aromatic nitrogens is 3. The number of carbonyl (C=O) groups is 1. The van der Waals surface area contributed by atoms with E-state index in [9.17, 15) is 43.1 Å². The predicted molar refractivity (Wildman–Crippen MR) is 204 cm³/mol. The number of aliphatic hydroxyl groups is 1. The van der Waals surface area contributed by atoms with Gasteiger partial charge in [0.2, 0.25) is 16.9 Å². The maximum atomic E-state index is 12.9. The van der Waals surface area contributed by atoms with Crippen molar-refractivity contribution < 1.29 is 65.6 Å². The molecule has 1 aliphatic heterocycles. The van der Waals surface area contributed by atoms with E-state index in [0.29, 0.717) is 13.0 Å². The van der Waals surface area contributed by atoms with E-state index in [1.807, 2.05) is 38.0 Å². The Bertz CT molecular complexity index is 2360. The van der Waals surface area contributed by atoms with Crippen molar-refractivity contribution in [3.63, 3.8) is 0 Å². The van der Waals surface area contributed by atoms with Crippen LogP contribution in [0, 0.1) is 11.8 Å². The summed E-state index contributed by atoms with van der Waals surface area (Å²) in [6.07, 6.45) is -2.32. The van der Waals surface area contributed by atoms with Crippen molar-refractivity contribution in [2.45, 2.75) is 44.2 Å². The van der Waals surface area contributed by atoms with E-state index in [-0.39, 0.29) is 36.7 Å². The van der Waals surface area contributed by atoms with Crippen LogP contribution in [0.2, 0.25) is 0 Å². The number of nitrogens with two attached hydrogens (primary N) is 1. The van der Waals surface area contributed by atoms with Gasteiger partial charge in [0.1, 0.15) is 24.7 Å². The number of hydrogen-bond acceptors (Lipinski definition) is 15. The normalized spacial score (nSPS) is 19.9. The van der Waals surface area contributed by atoms with Crippen molar-refractivity contribution in [2.75, 3.05) is 56.9 Å². The summed E-state index contributed by atoms with van der Waals surface area (Å²) in [6.45, 7) is -0.438. The molecule has 2 aromatic heterocycles. The first-order valence-corrected chi connectivity index (χ1v) is 21.6. The van der Waals surface area contributed by atoms with E-state index < -0.39 is 54.2 Å². The van der Waals surface area contributed by atoms with Crippen LogP contribution >= 0.6 is 23.5 Å². The third kappa shape index (κ3) is 11.7. The second kappa shape index (κ2) is 17.7. The average molecular weight is 854 g/mol. The van der Waals surface area contributed by atoms with Crippen LogP contribution in [0.15, 0.2) is 53.5 Å². The minimum Gasteiger partial charge on any atom is -0.756 e. The number of aliphatic hydroxyl groups excluding tert-OH is 1. The van der Waals surface area contributed by atoms with Crippen LogP contribution in [0.5, 0.6) is 0 Å². The first kappa shape index (κ1) is 43.9. The first-order valence-electron chi connectivity index (χ1n) is 17.1. The van der Waals surface area contributed by atoms with E-state index in [2.05, 4.69) is 82.3 Å². The van der Waals surface area contributed by atoms with Crippen LogP contribution < -0.4 is 36.0 Å². The first-order chi connectivity index (χ1) is 26.6. The van der Waals surface area contributed by atoms with Gasteiger partial charge in [-0.1, -0.05) is 11.8 Å². The number of nitrogen functional groups attached to an aromatic ring is 1. The molecule has 308 valence electrons. The Morgan fingerprint density at radius 3 is 2.23 bits per heavy atom. The molecule has 4 aromatic rings. The van der Waals surface area contributed by atoms with Crippen molar-refractivity contribution in [3.05, 3.63) is 64.7 Å². The summed E-state index contributed by atoms with van der Waals surface area (Å²) in [4.78, 5) is 71.5. The van der Waals surface area contributed by atoms with E-state index in [4.69, 9.17) is 15.4 Å². The smallest absolute Gasteiger partial charge is 0.487 e. The molecule has 24 heteroatoms. The average Bonchev–Trinajstić information content (AvgIpc) is 3.47. The fourth-order valence-electron chi connectivity index (χ4n) is 5.93. The summed E-state index contributed by atoms with van der Waals surface area (Å²) < 4.78 is 54.7. The van der Waals surface area contributed by atoms with Crippen LogP contribution in [0.1, 0.15) is 31.1 Å². The molecule has 7 N–H and O–H groups in total. The van der Waals surface area contributed by atoms with Crippen molar-refractivity contribution in [2.24, 2.45) is 0 Å². The highest BCUT2D eigenvalue weighted by Crippen LogP contribution is 2.65. The largest absolute Gasteiger partial charge is 0.756 e. The lowest BCUT2D eigenvalue weighted by molar-refractivity contribution is -0.645. The molecule has 5 rings (SSSR count). The van der Waals surface area contributed by atoms with Crippen LogP contribution in [-0.2, 0) is 42.9 Å². The minimum absolute atomic E-state index is 0.0576. The Hall–Kier alpha value is -4.25. The van der Waals surface area contributed by atoms with Crippen molar-refractivity contribution >= 4 is 68.4 Å². The van der Waals surface area contributed by atoms with Gasteiger partial charge in [-0.05, 0) is 30.3 Å². The molecule has 3 heterocycles.